The van der Waals surface area contributed by atoms with Crippen molar-refractivity contribution in [1.82, 2.24) is 34.7 Å². The number of halogens is 1. The normalized spacial score (nSPS) is 18.4. The van der Waals surface area contributed by atoms with Crippen LogP contribution >= 0.6 is 11.6 Å². The molecular formula is C19H25ClN8O3. The van der Waals surface area contributed by atoms with Gasteiger partial charge in [-0.2, -0.15) is 4.80 Å². The fourth-order valence-corrected chi connectivity index (χ4v) is 3.68. The number of fused-ring (bicyclic) bond motifs is 1. The molecule has 0 amide bonds. The van der Waals surface area contributed by atoms with Crippen molar-refractivity contribution in [3.63, 3.8) is 0 Å². The molecule has 11 nitrogen and oxygen atoms in total. The molecule has 1 aliphatic carbocycles. The van der Waals surface area contributed by atoms with Crippen molar-refractivity contribution in [3.8, 4) is 11.8 Å². The van der Waals surface area contributed by atoms with E-state index in [2.05, 4.69) is 37.2 Å². The summed E-state index contributed by atoms with van der Waals surface area (Å²) in [5.41, 5.74) is 8.16. The first-order chi connectivity index (χ1) is 14.6. The molecule has 0 aliphatic heterocycles. The molecule has 4 rings (SSSR count). The van der Waals surface area contributed by atoms with Crippen molar-refractivity contribution in [2.45, 2.75) is 50.9 Å². The number of rotatable bonds is 2. The highest BCUT2D eigenvalue weighted by atomic mass is 35.5. The third-order valence-corrected chi connectivity index (χ3v) is 4.96. The van der Waals surface area contributed by atoms with Crippen LogP contribution < -0.4 is 5.73 Å². The van der Waals surface area contributed by atoms with Crippen LogP contribution in [0.5, 0.6) is 0 Å². The number of aromatic nitrogens is 7. The maximum absolute atomic E-state index is 8.88. The van der Waals surface area contributed by atoms with Gasteiger partial charge in [0.05, 0.1) is 24.6 Å². The number of aliphatic hydroxyl groups is 3. The lowest BCUT2D eigenvalue weighted by Crippen LogP contribution is -2.15. The van der Waals surface area contributed by atoms with Gasteiger partial charge in [0.2, 0.25) is 0 Å². The average Bonchev–Trinajstić information content (AvgIpc) is 3.39. The standard InChI is InChI=1S/C16H17ClN8O.C3H8O2/c1-24-22-15(21-23-24)9-4-5-10(7-9)25-8-19-13-12(18)11(3-2-6-26)14(17)20-16(13)25;1-3(2,4)5/h8-10,26H,4-7H2,1H3,(H2,18,20);4-5H,1-2H3/t9-,10?;/m1./s1. The fourth-order valence-electron chi connectivity index (χ4n) is 3.45. The molecule has 166 valence electrons. The maximum atomic E-state index is 8.88. The predicted octanol–water partition coefficient (Wildman–Crippen LogP) is 0.750. The van der Waals surface area contributed by atoms with Crippen LogP contribution in [0.1, 0.15) is 56.5 Å². The van der Waals surface area contributed by atoms with Crippen LogP contribution in [-0.2, 0) is 7.05 Å². The van der Waals surface area contributed by atoms with Gasteiger partial charge in [-0.05, 0) is 38.3 Å². The Bertz CT molecular complexity index is 1120. The molecule has 1 unspecified atom stereocenters. The number of nitrogens with two attached hydrogens (primary N) is 1. The van der Waals surface area contributed by atoms with Crippen LogP contribution in [0.3, 0.4) is 0 Å². The Morgan fingerprint density at radius 2 is 2.03 bits per heavy atom. The summed E-state index contributed by atoms with van der Waals surface area (Å²) in [6.07, 6.45) is 4.55. The first kappa shape index (κ1) is 22.9. The number of pyridine rings is 1. The van der Waals surface area contributed by atoms with E-state index in [1.807, 2.05) is 4.57 Å². The molecule has 1 aliphatic rings. The second-order valence-electron chi connectivity index (χ2n) is 7.77. The van der Waals surface area contributed by atoms with Crippen LogP contribution in [-0.4, -0.2) is 62.5 Å². The number of anilines is 1. The van der Waals surface area contributed by atoms with Crippen molar-refractivity contribution >= 4 is 28.5 Å². The van der Waals surface area contributed by atoms with Gasteiger partial charge in [0.25, 0.3) is 0 Å². The van der Waals surface area contributed by atoms with Gasteiger partial charge in [0, 0.05) is 12.0 Å². The van der Waals surface area contributed by atoms with Crippen molar-refractivity contribution in [3.05, 3.63) is 22.9 Å². The molecule has 3 aromatic rings. The topological polar surface area (TPSA) is 161 Å². The highest BCUT2D eigenvalue weighted by molar-refractivity contribution is 6.31. The molecule has 0 spiro atoms. The van der Waals surface area contributed by atoms with Crippen LogP contribution in [0.4, 0.5) is 5.69 Å². The summed E-state index contributed by atoms with van der Waals surface area (Å²) in [4.78, 5) is 10.3. The van der Waals surface area contributed by atoms with Gasteiger partial charge in [0.1, 0.15) is 17.3 Å². The minimum Gasteiger partial charge on any atom is -0.396 e. The highest BCUT2D eigenvalue weighted by Crippen LogP contribution is 2.41. The fraction of sp³-hybridized carbons (Fsp3) is 0.526. The average molecular weight is 449 g/mol. The molecular weight excluding hydrogens is 424 g/mol. The molecule has 1 saturated carbocycles. The molecule has 0 aromatic carbocycles. The molecule has 0 radical (unpaired) electrons. The lowest BCUT2D eigenvalue weighted by molar-refractivity contribution is -0.127. The zero-order valence-corrected chi connectivity index (χ0v) is 18.2. The van der Waals surface area contributed by atoms with Crippen molar-refractivity contribution in [2.24, 2.45) is 7.05 Å². The first-order valence-corrected chi connectivity index (χ1v) is 10.1. The van der Waals surface area contributed by atoms with Crippen molar-refractivity contribution in [2.75, 3.05) is 12.3 Å². The van der Waals surface area contributed by atoms with Crippen LogP contribution in [0.15, 0.2) is 6.33 Å². The van der Waals surface area contributed by atoms with Gasteiger partial charge < -0.3 is 25.6 Å². The Hall–Kier alpha value is -2.78. The minimum absolute atomic E-state index is 0.211. The Balaban J connectivity index is 0.000000491. The first-order valence-electron chi connectivity index (χ1n) is 9.68. The lowest BCUT2D eigenvalue weighted by atomic mass is 10.1. The van der Waals surface area contributed by atoms with Gasteiger partial charge >= 0.3 is 0 Å². The number of aryl methyl sites for hydroxylation is 1. The van der Waals surface area contributed by atoms with E-state index < -0.39 is 5.79 Å². The third-order valence-electron chi connectivity index (χ3n) is 4.68. The molecule has 0 bridgehead atoms. The highest BCUT2D eigenvalue weighted by Gasteiger charge is 2.31. The quantitative estimate of drug-likeness (QED) is 0.252. The molecule has 3 aromatic heterocycles. The van der Waals surface area contributed by atoms with Crippen molar-refractivity contribution < 1.29 is 15.3 Å². The summed E-state index contributed by atoms with van der Waals surface area (Å²) in [6, 6.07) is 0.214. The summed E-state index contributed by atoms with van der Waals surface area (Å²) in [5.74, 6) is 4.81. The molecule has 12 heteroatoms. The van der Waals surface area contributed by atoms with Crippen LogP contribution in [0.25, 0.3) is 11.2 Å². The molecule has 31 heavy (non-hydrogen) atoms. The minimum atomic E-state index is -1.50. The van der Waals surface area contributed by atoms with Crippen LogP contribution in [0.2, 0.25) is 5.15 Å². The Labute approximate surface area is 183 Å². The van der Waals surface area contributed by atoms with Gasteiger partial charge in [0.15, 0.2) is 17.3 Å². The number of nitrogens with zero attached hydrogens (tertiary/aromatic N) is 7. The molecule has 5 N–H and O–H groups in total. The molecule has 1 fully saturated rings. The summed E-state index contributed by atoms with van der Waals surface area (Å²) in [7, 11) is 1.76. The van der Waals surface area contributed by atoms with E-state index in [9.17, 15) is 0 Å². The number of aliphatic hydroxyl groups excluding tert-OH is 1. The van der Waals surface area contributed by atoms with Crippen molar-refractivity contribution in [1.29, 1.82) is 0 Å². The number of hydrogen-bond acceptors (Lipinski definition) is 9. The Morgan fingerprint density at radius 3 is 2.65 bits per heavy atom. The second-order valence-corrected chi connectivity index (χ2v) is 8.13. The summed E-state index contributed by atoms with van der Waals surface area (Å²) in [6.45, 7) is 2.32. The molecule has 0 saturated heterocycles. The van der Waals surface area contributed by atoms with E-state index in [1.165, 1.54) is 18.6 Å². The van der Waals surface area contributed by atoms with Gasteiger partial charge in [-0.3, -0.25) is 0 Å². The smallest absolute Gasteiger partial charge is 0.177 e. The number of nitrogen functional groups attached to an aromatic ring is 1. The van der Waals surface area contributed by atoms with Gasteiger partial charge in [-0.25, -0.2) is 9.97 Å². The van der Waals surface area contributed by atoms with E-state index in [0.29, 0.717) is 22.4 Å². The third kappa shape index (κ3) is 5.48. The monoisotopic (exact) mass is 448 g/mol. The van der Waals surface area contributed by atoms with Gasteiger partial charge in [-0.1, -0.05) is 23.4 Å². The number of tetrazole rings is 1. The zero-order chi connectivity index (χ0) is 22.8. The Morgan fingerprint density at radius 1 is 1.32 bits per heavy atom. The predicted molar refractivity (Wildman–Crippen MR) is 114 cm³/mol. The van der Waals surface area contributed by atoms with Gasteiger partial charge in [-0.15, -0.1) is 10.2 Å². The number of imidazole rings is 1. The summed E-state index contributed by atoms with van der Waals surface area (Å²) in [5, 5.41) is 37.6. The molecule has 3 heterocycles. The largest absolute Gasteiger partial charge is 0.396 e. The maximum Gasteiger partial charge on any atom is 0.177 e. The SMILES string of the molecule is CC(C)(O)O.Cn1nnc([C@@H]2CCC(n3cnc4c(N)c(C#CCO)c(Cl)nc43)C2)n1. The Kier molecular flexibility index (Phi) is 6.76. The second kappa shape index (κ2) is 9.15. The number of hydrogen-bond donors (Lipinski definition) is 4. The summed E-state index contributed by atoms with van der Waals surface area (Å²) < 4.78 is 2.01. The molecule has 2 atom stereocenters. The van der Waals surface area contributed by atoms with E-state index in [0.717, 1.165) is 25.1 Å². The summed E-state index contributed by atoms with van der Waals surface area (Å²) >= 11 is 6.26. The lowest BCUT2D eigenvalue weighted by Gasteiger charge is -2.13. The van der Waals surface area contributed by atoms with Crippen LogP contribution in [0, 0.1) is 11.8 Å². The van der Waals surface area contributed by atoms with E-state index in [1.54, 1.807) is 13.4 Å². The van der Waals surface area contributed by atoms with E-state index in [-0.39, 0.29) is 23.7 Å². The van der Waals surface area contributed by atoms with E-state index in [4.69, 9.17) is 32.7 Å². The van der Waals surface area contributed by atoms with E-state index >= 15 is 0 Å². The zero-order valence-electron chi connectivity index (χ0n) is 17.5.